The van der Waals surface area contributed by atoms with E-state index in [9.17, 15) is 14.7 Å². The Morgan fingerprint density at radius 2 is 1.78 bits per heavy atom. The summed E-state index contributed by atoms with van der Waals surface area (Å²) in [7, 11) is 1.56. The maximum absolute atomic E-state index is 12.0. The van der Waals surface area contributed by atoms with Gasteiger partial charge in [-0.1, -0.05) is 0 Å². The Morgan fingerprint density at radius 1 is 1.15 bits per heavy atom. The molecule has 0 aliphatic heterocycles. The molecule has 0 saturated heterocycles. The number of amides is 2. The number of aryl methyl sites for hydroxylation is 2. The molecule has 0 aliphatic rings. The van der Waals surface area contributed by atoms with Crippen molar-refractivity contribution in [3.8, 4) is 11.5 Å². The zero-order chi connectivity index (χ0) is 19.8. The standard InChI is InChI=1S/C20H23N3O4/c1-13-10-15(11-14(2)19(13)25)12-22-23-18(24)8-9-21-20(26)16-4-6-17(27-3)7-5-16/h4-7,10-12,25H,8-9H2,1-3H3,(H,21,26)(H,23,24). The topological polar surface area (TPSA) is 100 Å². The summed E-state index contributed by atoms with van der Waals surface area (Å²) < 4.78 is 5.04. The van der Waals surface area contributed by atoms with Gasteiger partial charge in [0.2, 0.25) is 5.91 Å². The smallest absolute Gasteiger partial charge is 0.251 e. The number of nitrogens with one attached hydrogen (secondary N) is 2. The number of benzene rings is 2. The van der Waals surface area contributed by atoms with Crippen LogP contribution in [0.4, 0.5) is 0 Å². The lowest BCUT2D eigenvalue weighted by Gasteiger charge is -2.06. The molecule has 0 spiro atoms. The molecule has 7 nitrogen and oxygen atoms in total. The van der Waals surface area contributed by atoms with E-state index < -0.39 is 0 Å². The van der Waals surface area contributed by atoms with Crippen LogP contribution in [-0.4, -0.2) is 36.8 Å². The van der Waals surface area contributed by atoms with Crippen molar-refractivity contribution in [1.29, 1.82) is 0 Å². The summed E-state index contributed by atoms with van der Waals surface area (Å²) in [5, 5.41) is 16.3. The second-order valence-corrected chi connectivity index (χ2v) is 6.03. The summed E-state index contributed by atoms with van der Waals surface area (Å²) in [5.41, 5.74) is 5.16. The first-order valence-electron chi connectivity index (χ1n) is 8.45. The molecule has 7 heteroatoms. The second-order valence-electron chi connectivity index (χ2n) is 6.03. The normalized spacial score (nSPS) is 10.6. The molecule has 0 unspecified atom stereocenters. The molecule has 27 heavy (non-hydrogen) atoms. The maximum atomic E-state index is 12.0. The van der Waals surface area contributed by atoms with E-state index in [4.69, 9.17) is 4.74 Å². The van der Waals surface area contributed by atoms with E-state index in [1.807, 2.05) is 0 Å². The number of phenolic OH excluding ortho intramolecular Hbond substituents is 1. The van der Waals surface area contributed by atoms with Crippen molar-refractivity contribution in [1.82, 2.24) is 10.7 Å². The first-order chi connectivity index (χ1) is 12.9. The summed E-state index contributed by atoms with van der Waals surface area (Å²) in [4.78, 5) is 23.8. The van der Waals surface area contributed by atoms with Gasteiger partial charge in [0.25, 0.3) is 5.91 Å². The number of methoxy groups -OCH3 is 1. The van der Waals surface area contributed by atoms with Crippen LogP contribution in [-0.2, 0) is 4.79 Å². The highest BCUT2D eigenvalue weighted by Crippen LogP contribution is 2.21. The quantitative estimate of drug-likeness (QED) is 0.515. The lowest BCUT2D eigenvalue weighted by molar-refractivity contribution is -0.120. The Hall–Kier alpha value is -3.35. The van der Waals surface area contributed by atoms with Crippen molar-refractivity contribution < 1.29 is 19.4 Å². The maximum Gasteiger partial charge on any atom is 0.251 e. The Bertz CT molecular complexity index is 822. The number of ether oxygens (including phenoxy) is 1. The lowest BCUT2D eigenvalue weighted by Crippen LogP contribution is -2.29. The molecule has 0 saturated carbocycles. The first-order valence-corrected chi connectivity index (χ1v) is 8.45. The molecular formula is C20H23N3O4. The van der Waals surface area contributed by atoms with Crippen LogP contribution in [0.15, 0.2) is 41.5 Å². The van der Waals surface area contributed by atoms with Crippen LogP contribution in [0.3, 0.4) is 0 Å². The Morgan fingerprint density at radius 3 is 2.37 bits per heavy atom. The van der Waals surface area contributed by atoms with Gasteiger partial charge in [0.1, 0.15) is 11.5 Å². The highest BCUT2D eigenvalue weighted by atomic mass is 16.5. The minimum atomic E-state index is -0.312. The second kappa shape index (κ2) is 9.38. The third kappa shape index (κ3) is 5.85. The third-order valence-electron chi connectivity index (χ3n) is 3.91. The van der Waals surface area contributed by atoms with Crippen molar-refractivity contribution in [3.63, 3.8) is 0 Å². The summed E-state index contributed by atoms with van der Waals surface area (Å²) >= 11 is 0. The van der Waals surface area contributed by atoms with Gasteiger partial charge in [0.05, 0.1) is 13.3 Å². The van der Waals surface area contributed by atoms with E-state index in [1.54, 1.807) is 57.4 Å². The minimum Gasteiger partial charge on any atom is -0.507 e. The molecule has 0 fully saturated rings. The minimum absolute atomic E-state index is 0.104. The van der Waals surface area contributed by atoms with Gasteiger partial charge in [-0.05, 0) is 66.9 Å². The fraction of sp³-hybridized carbons (Fsp3) is 0.250. The monoisotopic (exact) mass is 369 g/mol. The predicted octanol–water partition coefficient (Wildman–Crippen LogP) is 2.29. The summed E-state index contributed by atoms with van der Waals surface area (Å²) in [6.45, 7) is 3.79. The molecule has 2 amide bonds. The lowest BCUT2D eigenvalue weighted by atomic mass is 10.1. The van der Waals surface area contributed by atoms with Gasteiger partial charge in [-0.3, -0.25) is 9.59 Å². The zero-order valence-electron chi connectivity index (χ0n) is 15.6. The summed E-state index contributed by atoms with van der Waals surface area (Å²) in [5.74, 6) is 0.351. The van der Waals surface area contributed by atoms with Gasteiger partial charge < -0.3 is 15.2 Å². The number of hydrogen-bond donors (Lipinski definition) is 3. The zero-order valence-corrected chi connectivity index (χ0v) is 15.6. The van der Waals surface area contributed by atoms with E-state index in [2.05, 4.69) is 15.8 Å². The number of aromatic hydroxyl groups is 1. The van der Waals surface area contributed by atoms with Crippen LogP contribution in [0.1, 0.15) is 33.5 Å². The van der Waals surface area contributed by atoms with Gasteiger partial charge in [-0.25, -0.2) is 5.43 Å². The molecule has 0 atom stereocenters. The van der Waals surface area contributed by atoms with Crippen molar-refractivity contribution in [2.45, 2.75) is 20.3 Å². The molecule has 3 N–H and O–H groups in total. The van der Waals surface area contributed by atoms with Crippen molar-refractivity contribution in [2.75, 3.05) is 13.7 Å². The Balaban J connectivity index is 1.76. The van der Waals surface area contributed by atoms with Gasteiger partial charge in [-0.15, -0.1) is 0 Å². The number of carbonyl (C=O) groups excluding carboxylic acids is 2. The first kappa shape index (κ1) is 20.0. The van der Waals surface area contributed by atoms with Crippen molar-refractivity contribution in [2.24, 2.45) is 5.10 Å². The van der Waals surface area contributed by atoms with Crippen LogP contribution in [0, 0.1) is 13.8 Å². The third-order valence-corrected chi connectivity index (χ3v) is 3.91. The molecule has 0 bridgehead atoms. The van der Waals surface area contributed by atoms with Crippen molar-refractivity contribution in [3.05, 3.63) is 58.7 Å². The Labute approximate surface area is 158 Å². The highest BCUT2D eigenvalue weighted by Gasteiger charge is 2.07. The van der Waals surface area contributed by atoms with Gasteiger partial charge in [-0.2, -0.15) is 5.10 Å². The number of carbonyl (C=O) groups is 2. The SMILES string of the molecule is COc1ccc(C(=O)NCCC(=O)NN=Cc2cc(C)c(O)c(C)c2)cc1. The Kier molecular flexibility index (Phi) is 6.93. The average molecular weight is 369 g/mol. The summed E-state index contributed by atoms with van der Waals surface area (Å²) in [6.07, 6.45) is 1.61. The van der Waals surface area contributed by atoms with E-state index in [0.717, 1.165) is 16.7 Å². The molecule has 0 heterocycles. The molecular weight excluding hydrogens is 346 g/mol. The number of hydrogen-bond acceptors (Lipinski definition) is 5. The molecule has 2 aromatic carbocycles. The van der Waals surface area contributed by atoms with E-state index in [-0.39, 0.29) is 30.5 Å². The van der Waals surface area contributed by atoms with E-state index >= 15 is 0 Å². The number of phenols is 1. The molecule has 0 radical (unpaired) electrons. The van der Waals surface area contributed by atoms with Crippen LogP contribution >= 0.6 is 0 Å². The number of rotatable bonds is 7. The molecule has 2 rings (SSSR count). The predicted molar refractivity (Wildman–Crippen MR) is 103 cm³/mol. The fourth-order valence-corrected chi connectivity index (χ4v) is 2.43. The number of nitrogens with zero attached hydrogens (tertiary/aromatic N) is 1. The average Bonchev–Trinajstić information content (AvgIpc) is 2.66. The van der Waals surface area contributed by atoms with Gasteiger partial charge >= 0.3 is 0 Å². The van der Waals surface area contributed by atoms with Gasteiger partial charge in [0.15, 0.2) is 0 Å². The van der Waals surface area contributed by atoms with Crippen LogP contribution < -0.4 is 15.5 Å². The molecule has 2 aromatic rings. The van der Waals surface area contributed by atoms with Crippen molar-refractivity contribution >= 4 is 18.0 Å². The van der Waals surface area contributed by atoms with Gasteiger partial charge in [0, 0.05) is 18.5 Å². The molecule has 0 aliphatic carbocycles. The fourth-order valence-electron chi connectivity index (χ4n) is 2.43. The molecule has 0 aromatic heterocycles. The van der Waals surface area contributed by atoms with Crippen LogP contribution in [0.25, 0.3) is 0 Å². The number of hydrazone groups is 1. The van der Waals surface area contributed by atoms with E-state index in [1.165, 1.54) is 6.21 Å². The highest BCUT2D eigenvalue weighted by molar-refractivity contribution is 5.94. The molecule has 142 valence electrons. The van der Waals surface area contributed by atoms with Crippen LogP contribution in [0.5, 0.6) is 11.5 Å². The largest absolute Gasteiger partial charge is 0.507 e. The summed E-state index contributed by atoms with van der Waals surface area (Å²) in [6, 6.07) is 10.2. The van der Waals surface area contributed by atoms with Crippen LogP contribution in [0.2, 0.25) is 0 Å². The van der Waals surface area contributed by atoms with E-state index in [0.29, 0.717) is 11.3 Å².